The van der Waals surface area contributed by atoms with Gasteiger partial charge in [-0.05, 0) is 25.1 Å². The maximum absolute atomic E-state index is 12.2. The molecule has 0 saturated heterocycles. The number of carbonyl (C=O) groups excluding carboxylic acids is 2. The number of non-ortho nitro benzene ring substituents is 1. The van der Waals surface area contributed by atoms with Crippen molar-refractivity contribution in [1.29, 1.82) is 0 Å². The summed E-state index contributed by atoms with van der Waals surface area (Å²) in [5.41, 5.74) is 0.237. The average Bonchev–Trinajstić information content (AvgIpc) is 3.40. The summed E-state index contributed by atoms with van der Waals surface area (Å²) in [6.07, 6.45) is 1.41. The number of hydrogen-bond donors (Lipinski definition) is 2. The Morgan fingerprint density at radius 3 is 2.80 bits per heavy atom. The van der Waals surface area contributed by atoms with Crippen LogP contribution in [-0.2, 0) is 17.9 Å². The molecule has 30 heavy (non-hydrogen) atoms. The van der Waals surface area contributed by atoms with Gasteiger partial charge in [-0.25, -0.2) is 0 Å². The number of furan rings is 1. The van der Waals surface area contributed by atoms with E-state index in [4.69, 9.17) is 4.42 Å². The van der Waals surface area contributed by atoms with Gasteiger partial charge in [0.25, 0.3) is 11.6 Å². The number of benzene rings is 1. The molecule has 3 aromatic rings. The van der Waals surface area contributed by atoms with Crippen molar-refractivity contribution in [3.63, 3.8) is 0 Å². The number of thioether (sulfide) groups is 1. The minimum absolute atomic E-state index is 0.0412. The SMILES string of the molecule is CCn1c(CNC(=O)c2ccco2)nnc1SCC(=O)Nc1cccc([N+](=O)[O-])c1. The Morgan fingerprint density at radius 1 is 1.27 bits per heavy atom. The number of nitro groups is 1. The van der Waals surface area contributed by atoms with E-state index >= 15 is 0 Å². The summed E-state index contributed by atoms with van der Waals surface area (Å²) in [5.74, 6) is 0.0820. The molecule has 0 aliphatic heterocycles. The van der Waals surface area contributed by atoms with Gasteiger partial charge in [0, 0.05) is 24.4 Å². The fraction of sp³-hybridized carbons (Fsp3) is 0.222. The maximum atomic E-state index is 12.2. The normalized spacial score (nSPS) is 10.6. The molecule has 0 bridgehead atoms. The van der Waals surface area contributed by atoms with Crippen LogP contribution in [0, 0.1) is 10.1 Å². The largest absolute Gasteiger partial charge is 0.459 e. The first-order valence-electron chi connectivity index (χ1n) is 8.88. The molecule has 0 fully saturated rings. The van der Waals surface area contributed by atoms with E-state index in [9.17, 15) is 19.7 Å². The third kappa shape index (κ3) is 5.23. The molecule has 2 amide bonds. The Kier molecular flexibility index (Phi) is 6.80. The van der Waals surface area contributed by atoms with Crippen molar-refractivity contribution < 1.29 is 18.9 Å². The molecule has 1 aromatic carbocycles. The first kappa shape index (κ1) is 21.0. The highest BCUT2D eigenvalue weighted by Gasteiger charge is 2.16. The molecule has 0 aliphatic rings. The predicted molar refractivity (Wildman–Crippen MR) is 108 cm³/mol. The summed E-state index contributed by atoms with van der Waals surface area (Å²) in [6, 6.07) is 8.89. The van der Waals surface area contributed by atoms with E-state index < -0.39 is 4.92 Å². The van der Waals surface area contributed by atoms with E-state index in [0.29, 0.717) is 23.2 Å². The van der Waals surface area contributed by atoms with Crippen molar-refractivity contribution in [3.05, 3.63) is 64.4 Å². The van der Waals surface area contributed by atoms with E-state index in [0.717, 1.165) is 0 Å². The van der Waals surface area contributed by atoms with Crippen LogP contribution in [0.2, 0.25) is 0 Å². The minimum atomic E-state index is -0.527. The lowest BCUT2D eigenvalue weighted by Crippen LogP contribution is -2.24. The van der Waals surface area contributed by atoms with Crippen LogP contribution in [0.3, 0.4) is 0 Å². The fourth-order valence-electron chi connectivity index (χ4n) is 2.55. The Hall–Kier alpha value is -3.67. The summed E-state index contributed by atoms with van der Waals surface area (Å²) in [5, 5.41) is 24.8. The molecular weight excluding hydrogens is 412 g/mol. The molecule has 2 heterocycles. The van der Waals surface area contributed by atoms with Crippen LogP contribution in [0.15, 0.2) is 52.2 Å². The van der Waals surface area contributed by atoms with E-state index in [1.807, 2.05) is 6.92 Å². The second kappa shape index (κ2) is 9.69. The summed E-state index contributed by atoms with van der Waals surface area (Å²) in [4.78, 5) is 34.5. The Balaban J connectivity index is 1.56. The van der Waals surface area contributed by atoms with Crippen LogP contribution < -0.4 is 10.6 Å². The molecule has 0 unspecified atom stereocenters. The third-order valence-corrected chi connectivity index (χ3v) is 4.90. The zero-order chi connectivity index (χ0) is 21.5. The van der Waals surface area contributed by atoms with Gasteiger partial charge in [-0.1, -0.05) is 17.8 Å². The second-order valence-corrected chi connectivity index (χ2v) is 6.89. The van der Waals surface area contributed by atoms with Crippen LogP contribution >= 0.6 is 11.8 Å². The lowest BCUT2D eigenvalue weighted by atomic mass is 10.3. The minimum Gasteiger partial charge on any atom is -0.459 e. The summed E-state index contributed by atoms with van der Waals surface area (Å²) in [7, 11) is 0. The molecule has 2 N–H and O–H groups in total. The Labute approximate surface area is 175 Å². The smallest absolute Gasteiger partial charge is 0.287 e. The molecule has 156 valence electrons. The molecule has 2 aromatic heterocycles. The number of rotatable bonds is 9. The van der Waals surface area contributed by atoms with Crippen molar-refractivity contribution >= 4 is 35.0 Å². The van der Waals surface area contributed by atoms with Crippen LogP contribution in [0.1, 0.15) is 23.3 Å². The van der Waals surface area contributed by atoms with Crippen LogP contribution in [-0.4, -0.2) is 37.3 Å². The predicted octanol–water partition coefficient (Wildman–Crippen LogP) is 2.46. The zero-order valence-corrected chi connectivity index (χ0v) is 16.7. The van der Waals surface area contributed by atoms with Gasteiger partial charge < -0.3 is 19.6 Å². The molecule has 11 nitrogen and oxygen atoms in total. The highest BCUT2D eigenvalue weighted by molar-refractivity contribution is 7.99. The van der Waals surface area contributed by atoms with Crippen molar-refractivity contribution in [3.8, 4) is 0 Å². The molecule has 0 saturated carbocycles. The van der Waals surface area contributed by atoms with Crippen LogP contribution in [0.5, 0.6) is 0 Å². The number of carbonyl (C=O) groups is 2. The van der Waals surface area contributed by atoms with Gasteiger partial charge in [0.2, 0.25) is 5.91 Å². The third-order valence-electron chi connectivity index (χ3n) is 3.93. The lowest BCUT2D eigenvalue weighted by molar-refractivity contribution is -0.384. The number of nitrogens with one attached hydrogen (secondary N) is 2. The van der Waals surface area contributed by atoms with E-state index in [1.165, 1.54) is 36.2 Å². The molecule has 0 aliphatic carbocycles. The standard InChI is InChI=1S/C18H18N6O5S/c1-2-23-15(10-19-17(26)14-7-4-8-29-14)21-22-18(23)30-11-16(25)20-12-5-3-6-13(9-12)24(27)28/h3-9H,2,10-11H2,1H3,(H,19,26)(H,20,25). The highest BCUT2D eigenvalue weighted by atomic mass is 32.2. The maximum Gasteiger partial charge on any atom is 0.287 e. The van der Waals surface area contributed by atoms with Gasteiger partial charge in [-0.3, -0.25) is 19.7 Å². The average molecular weight is 430 g/mol. The molecule has 3 rings (SSSR count). The van der Waals surface area contributed by atoms with Gasteiger partial charge in [-0.2, -0.15) is 0 Å². The van der Waals surface area contributed by atoms with Crippen LogP contribution in [0.25, 0.3) is 0 Å². The molecule has 0 radical (unpaired) electrons. The number of anilines is 1. The quantitative estimate of drug-likeness (QED) is 0.299. The molecule has 0 atom stereocenters. The zero-order valence-electron chi connectivity index (χ0n) is 15.9. The van der Waals surface area contributed by atoms with Gasteiger partial charge in [0.1, 0.15) is 0 Å². The van der Waals surface area contributed by atoms with Crippen molar-refractivity contribution in [2.75, 3.05) is 11.1 Å². The Bertz CT molecular complexity index is 1050. The lowest BCUT2D eigenvalue weighted by Gasteiger charge is -2.08. The molecule has 0 spiro atoms. The van der Waals surface area contributed by atoms with Crippen molar-refractivity contribution in [2.45, 2.75) is 25.2 Å². The second-order valence-electron chi connectivity index (χ2n) is 5.95. The number of aromatic nitrogens is 3. The summed E-state index contributed by atoms with van der Waals surface area (Å²) in [6.45, 7) is 2.60. The van der Waals surface area contributed by atoms with Gasteiger partial charge in [0.15, 0.2) is 16.7 Å². The summed E-state index contributed by atoms with van der Waals surface area (Å²) >= 11 is 1.17. The number of nitro benzene ring substituents is 1. The van der Waals surface area contributed by atoms with E-state index in [2.05, 4.69) is 20.8 Å². The molecule has 12 heteroatoms. The Morgan fingerprint density at radius 2 is 2.10 bits per heavy atom. The number of amides is 2. The first-order chi connectivity index (χ1) is 14.5. The topological polar surface area (TPSA) is 145 Å². The number of hydrogen-bond acceptors (Lipinski definition) is 8. The fourth-order valence-corrected chi connectivity index (χ4v) is 3.37. The molecular formula is C18H18N6O5S. The van der Waals surface area contributed by atoms with Gasteiger partial charge >= 0.3 is 0 Å². The van der Waals surface area contributed by atoms with Gasteiger partial charge in [-0.15, -0.1) is 10.2 Å². The van der Waals surface area contributed by atoms with E-state index in [-0.39, 0.29) is 35.6 Å². The number of nitrogens with zero attached hydrogens (tertiary/aromatic N) is 4. The monoisotopic (exact) mass is 430 g/mol. The van der Waals surface area contributed by atoms with Crippen LogP contribution in [0.4, 0.5) is 11.4 Å². The van der Waals surface area contributed by atoms with Gasteiger partial charge in [0.05, 0.1) is 23.5 Å². The van der Waals surface area contributed by atoms with Crippen molar-refractivity contribution in [1.82, 2.24) is 20.1 Å². The summed E-state index contributed by atoms with van der Waals surface area (Å²) < 4.78 is 6.82. The van der Waals surface area contributed by atoms with E-state index in [1.54, 1.807) is 22.8 Å². The first-order valence-corrected chi connectivity index (χ1v) is 9.87. The van der Waals surface area contributed by atoms with Crippen molar-refractivity contribution in [2.24, 2.45) is 0 Å². The highest BCUT2D eigenvalue weighted by Crippen LogP contribution is 2.20.